The number of fused-ring (bicyclic) bond motifs is 12. The zero-order valence-electron chi connectivity index (χ0n) is 33.2. The van der Waals surface area contributed by atoms with E-state index in [9.17, 15) is 0 Å². The van der Waals surface area contributed by atoms with Crippen LogP contribution in [0.4, 0.5) is 0 Å². The third-order valence-corrected chi connectivity index (χ3v) is 13.4. The van der Waals surface area contributed by atoms with Gasteiger partial charge in [-0.1, -0.05) is 152 Å². The fraction of sp³-hybridized carbons (Fsp3) is 0. The van der Waals surface area contributed by atoms with Crippen LogP contribution in [0.3, 0.4) is 0 Å². The highest BCUT2D eigenvalue weighted by atomic mass is 32.1. The van der Waals surface area contributed by atoms with Gasteiger partial charge < -0.3 is 4.42 Å². The summed E-state index contributed by atoms with van der Waals surface area (Å²) in [4.78, 5) is 15.1. The molecule has 3 aromatic heterocycles. The number of aromatic nitrogens is 3. The molecule has 13 aromatic rings. The molecule has 4 nitrogen and oxygen atoms in total. The summed E-state index contributed by atoms with van der Waals surface area (Å²) in [6.07, 6.45) is 0. The monoisotopic (exact) mass is 807 g/mol. The van der Waals surface area contributed by atoms with Crippen LogP contribution in [0.5, 0.6) is 0 Å². The van der Waals surface area contributed by atoms with Gasteiger partial charge in [0.05, 0.1) is 0 Å². The number of thiophene rings is 1. The summed E-state index contributed by atoms with van der Waals surface area (Å²) in [6.45, 7) is 0. The molecule has 0 amide bonds. The molecule has 0 aliphatic carbocycles. The Labute approximate surface area is 360 Å². The maximum atomic E-state index is 6.25. The van der Waals surface area contributed by atoms with E-state index in [1.165, 1.54) is 74.7 Å². The van der Waals surface area contributed by atoms with Crippen molar-refractivity contribution in [3.8, 4) is 56.4 Å². The molecule has 0 atom stereocenters. The third kappa shape index (κ3) is 5.63. The van der Waals surface area contributed by atoms with Gasteiger partial charge in [0.15, 0.2) is 17.5 Å². The lowest BCUT2D eigenvalue weighted by molar-refractivity contribution is 0.669. The molecule has 288 valence electrons. The second-order valence-electron chi connectivity index (χ2n) is 15.9. The Morgan fingerprint density at radius 1 is 0.258 bits per heavy atom. The van der Waals surface area contributed by atoms with Crippen molar-refractivity contribution in [3.63, 3.8) is 0 Å². The van der Waals surface area contributed by atoms with Gasteiger partial charge in [-0.2, -0.15) is 0 Å². The van der Waals surface area contributed by atoms with Gasteiger partial charge >= 0.3 is 0 Å². The van der Waals surface area contributed by atoms with Crippen molar-refractivity contribution in [1.29, 1.82) is 0 Å². The summed E-state index contributed by atoms with van der Waals surface area (Å²) >= 11 is 1.80. The average Bonchev–Trinajstić information content (AvgIpc) is 3.91. The van der Waals surface area contributed by atoms with Gasteiger partial charge in [0.2, 0.25) is 0 Å². The van der Waals surface area contributed by atoms with Gasteiger partial charge in [-0.05, 0) is 103 Å². The maximum Gasteiger partial charge on any atom is 0.164 e. The van der Waals surface area contributed by atoms with Crippen LogP contribution >= 0.6 is 11.3 Å². The van der Waals surface area contributed by atoms with Crippen LogP contribution in [0.15, 0.2) is 205 Å². The second-order valence-corrected chi connectivity index (χ2v) is 17.0. The second kappa shape index (κ2) is 13.8. The zero-order valence-corrected chi connectivity index (χ0v) is 34.0. The Morgan fingerprint density at radius 3 is 1.44 bits per heavy atom. The van der Waals surface area contributed by atoms with Crippen LogP contribution in [0, 0.1) is 0 Å². The lowest BCUT2D eigenvalue weighted by atomic mass is 9.91. The van der Waals surface area contributed by atoms with Crippen molar-refractivity contribution >= 4 is 85.8 Å². The fourth-order valence-corrected chi connectivity index (χ4v) is 10.4. The first-order valence-corrected chi connectivity index (χ1v) is 21.6. The topological polar surface area (TPSA) is 51.8 Å². The van der Waals surface area contributed by atoms with E-state index in [0.29, 0.717) is 17.5 Å². The molecule has 0 N–H and O–H groups in total. The Hall–Kier alpha value is -7.99. The molecule has 0 fully saturated rings. The molecule has 0 spiro atoms. The minimum atomic E-state index is 0.602. The van der Waals surface area contributed by atoms with Crippen LogP contribution in [-0.2, 0) is 0 Å². The first-order chi connectivity index (χ1) is 30.7. The Morgan fingerprint density at radius 2 is 0.726 bits per heavy atom. The highest BCUT2D eigenvalue weighted by Crippen LogP contribution is 2.41. The molecule has 0 aliphatic rings. The first kappa shape index (κ1) is 34.8. The van der Waals surface area contributed by atoms with Crippen molar-refractivity contribution in [2.24, 2.45) is 0 Å². The van der Waals surface area contributed by atoms with Crippen LogP contribution < -0.4 is 0 Å². The van der Waals surface area contributed by atoms with E-state index in [2.05, 4.69) is 146 Å². The van der Waals surface area contributed by atoms with E-state index >= 15 is 0 Å². The smallest absolute Gasteiger partial charge is 0.164 e. The van der Waals surface area contributed by atoms with E-state index in [0.717, 1.165) is 38.6 Å². The summed E-state index contributed by atoms with van der Waals surface area (Å²) in [5, 5.41) is 12.3. The molecule has 0 saturated heterocycles. The molecular weight excluding hydrogens is 775 g/mol. The lowest BCUT2D eigenvalue weighted by Crippen LogP contribution is -2.00. The molecule has 13 rings (SSSR count). The molecule has 0 radical (unpaired) electrons. The number of hydrogen-bond acceptors (Lipinski definition) is 5. The lowest BCUT2D eigenvalue weighted by Gasteiger charge is -2.12. The van der Waals surface area contributed by atoms with E-state index in [4.69, 9.17) is 19.4 Å². The minimum absolute atomic E-state index is 0.602. The van der Waals surface area contributed by atoms with Crippen LogP contribution in [0.25, 0.3) is 131 Å². The van der Waals surface area contributed by atoms with Crippen molar-refractivity contribution < 1.29 is 4.42 Å². The van der Waals surface area contributed by atoms with Gasteiger partial charge in [0, 0.05) is 47.6 Å². The average molecular weight is 808 g/mol. The number of para-hydroxylation sites is 1. The highest BCUT2D eigenvalue weighted by Gasteiger charge is 2.17. The summed E-state index contributed by atoms with van der Waals surface area (Å²) in [7, 11) is 0. The molecule has 10 aromatic carbocycles. The Bertz CT molecular complexity index is 3910. The molecule has 0 aliphatic heterocycles. The van der Waals surface area contributed by atoms with Crippen molar-refractivity contribution in [3.05, 3.63) is 200 Å². The van der Waals surface area contributed by atoms with Crippen molar-refractivity contribution in [2.75, 3.05) is 0 Å². The summed E-state index contributed by atoms with van der Waals surface area (Å²) < 4.78 is 8.68. The van der Waals surface area contributed by atoms with E-state index < -0.39 is 0 Å². The quantitative estimate of drug-likeness (QED) is 0.163. The third-order valence-electron chi connectivity index (χ3n) is 12.3. The molecule has 0 saturated carbocycles. The largest absolute Gasteiger partial charge is 0.456 e. The number of hydrogen-bond donors (Lipinski definition) is 0. The van der Waals surface area contributed by atoms with E-state index in [1.54, 1.807) is 11.3 Å². The van der Waals surface area contributed by atoms with Crippen LogP contribution in [-0.4, -0.2) is 15.0 Å². The first-order valence-electron chi connectivity index (χ1n) is 20.8. The van der Waals surface area contributed by atoms with Gasteiger partial charge in [-0.15, -0.1) is 11.3 Å². The maximum absolute atomic E-state index is 6.25. The molecule has 3 heterocycles. The fourth-order valence-electron chi connectivity index (χ4n) is 9.28. The predicted molar refractivity (Wildman–Crippen MR) is 260 cm³/mol. The van der Waals surface area contributed by atoms with Crippen LogP contribution in [0.1, 0.15) is 0 Å². The molecule has 0 bridgehead atoms. The van der Waals surface area contributed by atoms with Crippen LogP contribution in [0.2, 0.25) is 0 Å². The predicted octanol–water partition coefficient (Wildman–Crippen LogP) is 15.9. The number of rotatable bonds is 5. The molecular formula is C57H33N3OS. The van der Waals surface area contributed by atoms with Gasteiger partial charge in [0.1, 0.15) is 11.2 Å². The summed E-state index contributed by atoms with van der Waals surface area (Å²) in [6, 6.07) is 71.3. The Kier molecular flexibility index (Phi) is 7.74. The minimum Gasteiger partial charge on any atom is -0.456 e. The van der Waals surface area contributed by atoms with Gasteiger partial charge in [0.25, 0.3) is 0 Å². The number of furan rings is 1. The normalized spacial score (nSPS) is 11.9. The Balaban J connectivity index is 0.881. The highest BCUT2D eigenvalue weighted by molar-refractivity contribution is 7.25. The van der Waals surface area contributed by atoms with Gasteiger partial charge in [-0.25, -0.2) is 15.0 Å². The SMILES string of the molecule is c1ccc(-c2nc(-c3ccc4c(c3)oc3ccccc34)nc(-c3ccc4c(c3)sc3ccc(-c5cccc(-c6ccc7c8ccccc8c8ccccc8c7c6)c5)cc34)n2)cc1. The summed E-state index contributed by atoms with van der Waals surface area (Å²) in [5.41, 5.74) is 9.21. The zero-order chi connectivity index (χ0) is 40.7. The summed E-state index contributed by atoms with van der Waals surface area (Å²) in [5.74, 6) is 1.86. The van der Waals surface area contributed by atoms with E-state index in [1.807, 2.05) is 54.6 Å². The molecule has 0 unspecified atom stereocenters. The number of benzene rings is 10. The van der Waals surface area contributed by atoms with Crippen molar-refractivity contribution in [2.45, 2.75) is 0 Å². The van der Waals surface area contributed by atoms with Gasteiger partial charge in [-0.3, -0.25) is 0 Å². The molecule has 5 heteroatoms. The van der Waals surface area contributed by atoms with E-state index in [-0.39, 0.29) is 0 Å². The standard InChI is InChI=1S/C57H33N3OS/c1-2-11-34(12-3-1)55-58-56(39-22-26-47-46-19-8-9-20-51(46)61-52(47)32-39)60-57(59-55)40-23-27-48-50-31-38(24-28-53(50)62-54(48)33-40)36-14-10-13-35(29-36)37-21-25-45-43-17-5-4-15-41(43)42-16-6-7-18-44(42)49(45)30-37/h1-33H. The number of nitrogens with zero attached hydrogens (tertiary/aromatic N) is 3. The molecule has 62 heavy (non-hydrogen) atoms. The van der Waals surface area contributed by atoms with Crippen molar-refractivity contribution in [1.82, 2.24) is 15.0 Å².